The van der Waals surface area contributed by atoms with Crippen LogP contribution in [0.1, 0.15) is 33.9 Å². The van der Waals surface area contributed by atoms with Gasteiger partial charge < -0.3 is 36.1 Å². The lowest BCUT2D eigenvalue weighted by atomic mass is 9.99. The van der Waals surface area contributed by atoms with Crippen molar-refractivity contribution in [2.75, 3.05) is 39.1 Å². The molecule has 0 radical (unpaired) electrons. The molecule has 0 unspecified atom stereocenters. The standard InChI is InChI=1S/C37H38Cl2N6O5/c1-40-37(41-2)44-26-13-14-32-27(19-26)30(15-16-49-32)42-21-33(46)43-20-31(36(48)50-22-23-9-5-3-6-10-23)45-35(47)34-28(38)17-25(18-29(34)39)24-11-7-4-8-12-24/h3-14,17-19,30-31,42H,15-16,20-22H2,1-2H3,(H,43,46)(H,45,47)(H2,40,41,44)/t30-,31+/m1/s1. The summed E-state index contributed by atoms with van der Waals surface area (Å²) in [7, 11) is 3.45. The van der Waals surface area contributed by atoms with Gasteiger partial charge in [0.1, 0.15) is 18.4 Å². The lowest BCUT2D eigenvalue weighted by molar-refractivity contribution is -0.147. The van der Waals surface area contributed by atoms with Crippen LogP contribution in [0.4, 0.5) is 5.69 Å². The number of amides is 2. The summed E-state index contributed by atoms with van der Waals surface area (Å²) in [5.74, 6) is -0.494. The van der Waals surface area contributed by atoms with Gasteiger partial charge in [0.15, 0.2) is 5.96 Å². The van der Waals surface area contributed by atoms with E-state index in [0.717, 1.165) is 33.7 Å². The number of esters is 1. The third kappa shape index (κ3) is 9.53. The number of ether oxygens (including phenoxy) is 2. The van der Waals surface area contributed by atoms with Gasteiger partial charge in [-0.2, -0.15) is 0 Å². The minimum atomic E-state index is -1.24. The Morgan fingerprint density at radius 1 is 0.940 bits per heavy atom. The fourth-order valence-corrected chi connectivity index (χ4v) is 6.04. The first-order valence-corrected chi connectivity index (χ1v) is 16.8. The summed E-state index contributed by atoms with van der Waals surface area (Å²) in [6, 6.07) is 26.2. The minimum Gasteiger partial charge on any atom is -0.493 e. The highest BCUT2D eigenvalue weighted by Crippen LogP contribution is 2.34. The Kier molecular flexibility index (Phi) is 12.7. The first-order valence-electron chi connectivity index (χ1n) is 16.0. The maximum absolute atomic E-state index is 13.5. The molecule has 0 spiro atoms. The van der Waals surface area contributed by atoms with Crippen LogP contribution in [0.5, 0.6) is 5.75 Å². The van der Waals surface area contributed by atoms with E-state index in [1.807, 2.05) is 78.9 Å². The van der Waals surface area contributed by atoms with Crippen LogP contribution in [0, 0.1) is 0 Å². The first kappa shape index (κ1) is 36.2. The van der Waals surface area contributed by atoms with Crippen molar-refractivity contribution in [1.82, 2.24) is 21.3 Å². The summed E-state index contributed by atoms with van der Waals surface area (Å²) in [5, 5.41) is 15.1. The van der Waals surface area contributed by atoms with E-state index < -0.39 is 17.9 Å². The molecule has 0 saturated carbocycles. The molecule has 1 heterocycles. The van der Waals surface area contributed by atoms with Crippen LogP contribution in [0.15, 0.2) is 96.0 Å². The Morgan fingerprint density at radius 2 is 1.64 bits per heavy atom. The van der Waals surface area contributed by atoms with Gasteiger partial charge >= 0.3 is 5.97 Å². The number of carbonyl (C=O) groups excluding carboxylic acids is 3. The Balaban J connectivity index is 1.25. The Bertz CT molecular complexity index is 1820. The predicted molar refractivity (Wildman–Crippen MR) is 196 cm³/mol. The number of nitrogens with one attached hydrogen (secondary N) is 5. The fourth-order valence-electron chi connectivity index (χ4n) is 5.39. The number of aliphatic imine (C=N–C) groups is 1. The second kappa shape index (κ2) is 17.5. The molecule has 2 atom stereocenters. The molecule has 0 bridgehead atoms. The van der Waals surface area contributed by atoms with Gasteiger partial charge in [-0.3, -0.25) is 14.6 Å². The topological polar surface area (TPSA) is 142 Å². The average Bonchev–Trinajstić information content (AvgIpc) is 3.14. The number of halogens is 2. The smallest absolute Gasteiger partial charge is 0.330 e. The number of rotatable bonds is 12. The second-order valence-electron chi connectivity index (χ2n) is 11.4. The molecular formula is C37H38Cl2N6O5. The van der Waals surface area contributed by atoms with Crippen LogP contribution in [0.2, 0.25) is 10.0 Å². The van der Waals surface area contributed by atoms with Gasteiger partial charge in [0.2, 0.25) is 5.91 Å². The molecule has 13 heteroatoms. The van der Waals surface area contributed by atoms with Gasteiger partial charge in [-0.1, -0.05) is 83.9 Å². The molecule has 0 aliphatic carbocycles. The zero-order valence-corrected chi connectivity index (χ0v) is 29.1. The number of benzene rings is 4. The van der Waals surface area contributed by atoms with E-state index in [2.05, 4.69) is 31.6 Å². The SMILES string of the molecule is C/N=C(\NC)Nc1ccc2c(c1)[C@H](NCC(=O)NC[C@H](NC(=O)c1c(Cl)cc(-c3ccccc3)cc1Cl)C(=O)OCc1ccccc1)CCO2. The van der Waals surface area contributed by atoms with Crippen LogP contribution in [-0.2, 0) is 20.9 Å². The lowest BCUT2D eigenvalue weighted by Crippen LogP contribution is -2.50. The average molecular weight is 718 g/mol. The number of fused-ring (bicyclic) bond motifs is 1. The lowest BCUT2D eigenvalue weighted by Gasteiger charge is -2.27. The van der Waals surface area contributed by atoms with Gasteiger partial charge in [-0.05, 0) is 47.0 Å². The summed E-state index contributed by atoms with van der Waals surface area (Å²) in [5.41, 5.74) is 4.07. The van der Waals surface area contributed by atoms with Gasteiger partial charge in [0, 0.05) is 44.4 Å². The van der Waals surface area contributed by atoms with E-state index in [1.54, 1.807) is 26.2 Å². The van der Waals surface area contributed by atoms with Crippen LogP contribution in [0.25, 0.3) is 11.1 Å². The van der Waals surface area contributed by atoms with Crippen molar-refractivity contribution in [2.24, 2.45) is 4.99 Å². The molecule has 1 aliphatic heterocycles. The number of carbonyl (C=O) groups is 3. The zero-order valence-electron chi connectivity index (χ0n) is 27.6. The molecule has 1 aliphatic rings. The number of hydrogen-bond donors (Lipinski definition) is 5. The first-order chi connectivity index (χ1) is 24.2. The Morgan fingerprint density at radius 3 is 2.32 bits per heavy atom. The molecule has 0 saturated heterocycles. The van der Waals surface area contributed by atoms with Crippen molar-refractivity contribution in [3.8, 4) is 16.9 Å². The Labute approximate surface area is 300 Å². The molecule has 0 aromatic heterocycles. The van der Waals surface area contributed by atoms with Crippen molar-refractivity contribution in [3.63, 3.8) is 0 Å². The second-order valence-corrected chi connectivity index (χ2v) is 12.2. The van der Waals surface area contributed by atoms with E-state index in [4.69, 9.17) is 32.7 Å². The van der Waals surface area contributed by atoms with Crippen LogP contribution >= 0.6 is 23.2 Å². The van der Waals surface area contributed by atoms with Crippen molar-refractivity contribution in [1.29, 1.82) is 0 Å². The number of nitrogens with zero attached hydrogens (tertiary/aromatic N) is 1. The van der Waals surface area contributed by atoms with Gasteiger partial charge in [-0.25, -0.2) is 4.79 Å². The molecular weight excluding hydrogens is 679 g/mol. The summed E-state index contributed by atoms with van der Waals surface area (Å²) in [6.07, 6.45) is 0.638. The highest BCUT2D eigenvalue weighted by Gasteiger charge is 2.27. The quantitative estimate of drug-likeness (QED) is 0.0751. The molecule has 2 amide bonds. The number of anilines is 1. The van der Waals surface area contributed by atoms with Crippen molar-refractivity contribution in [2.45, 2.75) is 25.1 Å². The van der Waals surface area contributed by atoms with E-state index in [1.165, 1.54) is 0 Å². The summed E-state index contributed by atoms with van der Waals surface area (Å²) < 4.78 is 11.4. The van der Waals surface area contributed by atoms with Crippen molar-refractivity contribution < 1.29 is 23.9 Å². The molecule has 0 fully saturated rings. The third-order valence-corrected chi connectivity index (χ3v) is 8.57. The van der Waals surface area contributed by atoms with Crippen LogP contribution in [0.3, 0.4) is 0 Å². The monoisotopic (exact) mass is 716 g/mol. The zero-order chi connectivity index (χ0) is 35.5. The van der Waals surface area contributed by atoms with Crippen LogP contribution < -0.4 is 31.3 Å². The highest BCUT2D eigenvalue weighted by atomic mass is 35.5. The molecule has 5 rings (SSSR count). The highest BCUT2D eigenvalue weighted by molar-refractivity contribution is 6.40. The normalized spacial score (nSPS) is 14.4. The van der Waals surface area contributed by atoms with Crippen molar-refractivity contribution in [3.05, 3.63) is 118 Å². The minimum absolute atomic E-state index is 0.000885. The number of guanidine groups is 1. The maximum Gasteiger partial charge on any atom is 0.330 e. The molecule has 5 N–H and O–H groups in total. The summed E-state index contributed by atoms with van der Waals surface area (Å²) >= 11 is 13.1. The van der Waals surface area contributed by atoms with E-state index >= 15 is 0 Å². The van der Waals surface area contributed by atoms with Gasteiger partial charge in [-0.15, -0.1) is 0 Å². The number of hydrogen-bond acceptors (Lipinski definition) is 7. The Hall–Kier alpha value is -5.10. The summed E-state index contributed by atoms with van der Waals surface area (Å²) in [4.78, 5) is 44.0. The molecule has 4 aromatic rings. The van der Waals surface area contributed by atoms with Crippen LogP contribution in [-0.4, -0.2) is 63.6 Å². The van der Waals surface area contributed by atoms with Gasteiger partial charge in [0.05, 0.1) is 28.8 Å². The third-order valence-electron chi connectivity index (χ3n) is 7.97. The molecule has 4 aromatic carbocycles. The molecule has 11 nitrogen and oxygen atoms in total. The molecule has 50 heavy (non-hydrogen) atoms. The predicted octanol–water partition coefficient (Wildman–Crippen LogP) is 5.35. The van der Waals surface area contributed by atoms with Gasteiger partial charge in [0.25, 0.3) is 5.91 Å². The maximum atomic E-state index is 13.5. The molecule has 260 valence electrons. The largest absolute Gasteiger partial charge is 0.493 e. The van der Waals surface area contributed by atoms with E-state index in [9.17, 15) is 14.4 Å². The van der Waals surface area contributed by atoms with E-state index in [-0.39, 0.29) is 47.3 Å². The van der Waals surface area contributed by atoms with Crippen molar-refractivity contribution >= 4 is 52.6 Å². The fraction of sp³-hybridized carbons (Fsp3) is 0.243. The summed E-state index contributed by atoms with van der Waals surface area (Å²) in [6.45, 7) is 0.169. The van der Waals surface area contributed by atoms with E-state index in [0.29, 0.717) is 19.0 Å².